The highest BCUT2D eigenvalue weighted by molar-refractivity contribution is 6.30. The Hall–Kier alpha value is -2.21. The van der Waals surface area contributed by atoms with Crippen LogP contribution in [0.3, 0.4) is 0 Å². The first kappa shape index (κ1) is 13.5. The smallest absolute Gasteiger partial charge is 0.183 e. The molecule has 4 rings (SSSR count). The fourth-order valence-corrected chi connectivity index (χ4v) is 2.94. The van der Waals surface area contributed by atoms with Crippen molar-refractivity contribution in [3.05, 3.63) is 41.2 Å². The number of nitrogens with one attached hydrogen (secondary N) is 1. The van der Waals surface area contributed by atoms with Gasteiger partial charge in [0.05, 0.1) is 0 Å². The standard InChI is InChI=1S/C15H15ClN6/c1-22-14-12(20-21-22)13(17-9-18-14)19-15(5-6-15)8-10-3-2-4-11(16)7-10/h2-4,7,9H,5-6,8H2,1H3,(H,17,18,19). The molecule has 0 bridgehead atoms. The zero-order chi connectivity index (χ0) is 15.2. The van der Waals surface area contributed by atoms with Gasteiger partial charge in [-0.2, -0.15) is 0 Å². The van der Waals surface area contributed by atoms with Crippen molar-refractivity contribution in [3.8, 4) is 0 Å². The van der Waals surface area contributed by atoms with Gasteiger partial charge in [-0.15, -0.1) is 5.10 Å². The van der Waals surface area contributed by atoms with E-state index in [9.17, 15) is 0 Å². The van der Waals surface area contributed by atoms with E-state index >= 15 is 0 Å². The summed E-state index contributed by atoms with van der Waals surface area (Å²) >= 11 is 6.07. The number of aromatic nitrogens is 5. The summed E-state index contributed by atoms with van der Waals surface area (Å²) in [5, 5.41) is 12.5. The van der Waals surface area contributed by atoms with E-state index in [-0.39, 0.29) is 5.54 Å². The first-order chi connectivity index (χ1) is 10.7. The number of hydrogen-bond donors (Lipinski definition) is 1. The molecular weight excluding hydrogens is 300 g/mol. The van der Waals surface area contributed by atoms with Crippen LogP contribution in [0.25, 0.3) is 11.2 Å². The topological polar surface area (TPSA) is 68.5 Å². The second kappa shape index (κ2) is 4.91. The maximum atomic E-state index is 6.07. The van der Waals surface area contributed by atoms with Crippen molar-refractivity contribution in [1.82, 2.24) is 25.0 Å². The Kier molecular flexibility index (Phi) is 3.00. The van der Waals surface area contributed by atoms with E-state index in [0.29, 0.717) is 5.52 Å². The van der Waals surface area contributed by atoms with Gasteiger partial charge in [0.1, 0.15) is 6.33 Å². The molecule has 3 aromatic rings. The summed E-state index contributed by atoms with van der Waals surface area (Å²) < 4.78 is 1.65. The van der Waals surface area contributed by atoms with Gasteiger partial charge >= 0.3 is 0 Å². The molecular formula is C15H15ClN6. The molecule has 0 spiro atoms. The summed E-state index contributed by atoms with van der Waals surface area (Å²) in [6.45, 7) is 0. The zero-order valence-corrected chi connectivity index (χ0v) is 12.9. The molecule has 1 aliphatic rings. The molecule has 0 radical (unpaired) electrons. The Morgan fingerprint density at radius 2 is 2.18 bits per heavy atom. The Balaban J connectivity index is 1.62. The van der Waals surface area contributed by atoms with Crippen molar-refractivity contribution in [2.45, 2.75) is 24.8 Å². The van der Waals surface area contributed by atoms with E-state index < -0.39 is 0 Å². The molecule has 1 aromatic carbocycles. The number of hydrogen-bond acceptors (Lipinski definition) is 5. The third-order valence-corrected chi connectivity index (χ3v) is 4.29. The summed E-state index contributed by atoms with van der Waals surface area (Å²) in [5.41, 5.74) is 2.70. The normalized spacial score (nSPS) is 15.9. The largest absolute Gasteiger partial charge is 0.362 e. The first-order valence-electron chi connectivity index (χ1n) is 7.18. The molecule has 2 aromatic heterocycles. The molecule has 0 amide bonds. The van der Waals surface area contributed by atoms with Gasteiger partial charge < -0.3 is 5.32 Å². The van der Waals surface area contributed by atoms with Gasteiger partial charge in [-0.1, -0.05) is 28.9 Å². The van der Waals surface area contributed by atoms with Crippen molar-refractivity contribution in [2.24, 2.45) is 7.05 Å². The molecule has 2 heterocycles. The molecule has 0 atom stereocenters. The van der Waals surface area contributed by atoms with Gasteiger partial charge in [0.15, 0.2) is 17.0 Å². The summed E-state index contributed by atoms with van der Waals surface area (Å²) in [6.07, 6.45) is 4.67. The summed E-state index contributed by atoms with van der Waals surface area (Å²) in [7, 11) is 1.82. The van der Waals surface area contributed by atoms with Crippen LogP contribution in [0.2, 0.25) is 5.02 Å². The van der Waals surface area contributed by atoms with Gasteiger partial charge in [-0.3, -0.25) is 0 Å². The Bertz CT molecular complexity index is 839. The summed E-state index contributed by atoms with van der Waals surface area (Å²) in [6, 6.07) is 8.00. The maximum absolute atomic E-state index is 6.07. The van der Waals surface area contributed by atoms with Gasteiger partial charge in [0.25, 0.3) is 0 Å². The lowest BCUT2D eigenvalue weighted by molar-refractivity contribution is 0.722. The van der Waals surface area contributed by atoms with Crippen LogP contribution in [0.5, 0.6) is 0 Å². The highest BCUT2D eigenvalue weighted by Crippen LogP contribution is 2.42. The lowest BCUT2D eigenvalue weighted by atomic mass is 10.0. The van der Waals surface area contributed by atoms with Crippen LogP contribution >= 0.6 is 11.6 Å². The van der Waals surface area contributed by atoms with Crippen LogP contribution in [0.1, 0.15) is 18.4 Å². The van der Waals surface area contributed by atoms with Crippen LogP contribution in [-0.4, -0.2) is 30.5 Å². The van der Waals surface area contributed by atoms with Crippen LogP contribution < -0.4 is 5.32 Å². The zero-order valence-electron chi connectivity index (χ0n) is 12.1. The molecule has 1 aliphatic carbocycles. The maximum Gasteiger partial charge on any atom is 0.183 e. The lowest BCUT2D eigenvalue weighted by Crippen LogP contribution is -2.25. The molecule has 22 heavy (non-hydrogen) atoms. The highest BCUT2D eigenvalue weighted by atomic mass is 35.5. The second-order valence-corrected chi connectivity index (χ2v) is 6.26. The monoisotopic (exact) mass is 314 g/mol. The van der Waals surface area contributed by atoms with Gasteiger partial charge in [0.2, 0.25) is 0 Å². The highest BCUT2D eigenvalue weighted by Gasteiger charge is 2.43. The minimum Gasteiger partial charge on any atom is -0.362 e. The summed E-state index contributed by atoms with van der Waals surface area (Å²) in [4.78, 5) is 8.56. The number of anilines is 1. The predicted molar refractivity (Wildman–Crippen MR) is 84.8 cm³/mol. The number of benzene rings is 1. The fourth-order valence-electron chi connectivity index (χ4n) is 2.73. The second-order valence-electron chi connectivity index (χ2n) is 5.82. The number of fused-ring (bicyclic) bond motifs is 1. The third kappa shape index (κ3) is 2.39. The first-order valence-corrected chi connectivity index (χ1v) is 7.56. The van der Waals surface area contributed by atoms with Crippen molar-refractivity contribution >= 4 is 28.6 Å². The molecule has 1 fully saturated rings. The molecule has 1 saturated carbocycles. The average molecular weight is 315 g/mol. The fraction of sp³-hybridized carbons (Fsp3) is 0.333. The molecule has 1 N–H and O–H groups in total. The Morgan fingerprint density at radius 3 is 2.95 bits per heavy atom. The van der Waals surface area contributed by atoms with Crippen LogP contribution in [0.15, 0.2) is 30.6 Å². The van der Waals surface area contributed by atoms with Crippen LogP contribution in [-0.2, 0) is 13.5 Å². The Morgan fingerprint density at radius 1 is 1.32 bits per heavy atom. The molecule has 112 valence electrons. The summed E-state index contributed by atoms with van der Waals surface area (Å²) in [5.74, 6) is 0.748. The molecule has 0 saturated heterocycles. The van der Waals surface area contributed by atoms with E-state index in [1.807, 2.05) is 25.2 Å². The average Bonchev–Trinajstić information content (AvgIpc) is 3.13. The van der Waals surface area contributed by atoms with Crippen molar-refractivity contribution < 1.29 is 0 Å². The van der Waals surface area contributed by atoms with Crippen LogP contribution in [0, 0.1) is 0 Å². The van der Waals surface area contributed by atoms with E-state index in [1.54, 1.807) is 11.0 Å². The molecule has 0 unspecified atom stereocenters. The Labute approximate surface area is 132 Å². The predicted octanol–water partition coefficient (Wildman–Crippen LogP) is 2.60. The quantitative estimate of drug-likeness (QED) is 0.801. The van der Waals surface area contributed by atoms with E-state index in [4.69, 9.17) is 11.6 Å². The molecule has 6 nitrogen and oxygen atoms in total. The number of halogens is 1. The van der Waals surface area contributed by atoms with E-state index in [1.165, 1.54) is 5.56 Å². The molecule has 0 aliphatic heterocycles. The van der Waals surface area contributed by atoms with Crippen molar-refractivity contribution in [2.75, 3.05) is 5.32 Å². The van der Waals surface area contributed by atoms with Gasteiger partial charge in [-0.25, -0.2) is 14.6 Å². The molecule has 7 heteroatoms. The van der Waals surface area contributed by atoms with E-state index in [2.05, 4.69) is 31.7 Å². The van der Waals surface area contributed by atoms with Gasteiger partial charge in [-0.05, 0) is 37.0 Å². The SMILES string of the molecule is Cn1nnc2c(NC3(Cc4cccc(Cl)c4)CC3)ncnc21. The number of aryl methyl sites for hydroxylation is 1. The van der Waals surface area contributed by atoms with Crippen molar-refractivity contribution in [1.29, 1.82) is 0 Å². The number of rotatable bonds is 4. The van der Waals surface area contributed by atoms with Gasteiger partial charge in [0, 0.05) is 17.6 Å². The van der Waals surface area contributed by atoms with Crippen molar-refractivity contribution in [3.63, 3.8) is 0 Å². The third-order valence-electron chi connectivity index (χ3n) is 4.06. The lowest BCUT2D eigenvalue weighted by Gasteiger charge is -2.18. The van der Waals surface area contributed by atoms with E-state index in [0.717, 1.165) is 35.8 Å². The van der Waals surface area contributed by atoms with Crippen LogP contribution in [0.4, 0.5) is 5.82 Å². The minimum atomic E-state index is 0.0312. The minimum absolute atomic E-state index is 0.0312. The number of nitrogens with zero attached hydrogens (tertiary/aromatic N) is 5.